The van der Waals surface area contributed by atoms with Crippen LogP contribution in [-0.4, -0.2) is 17.6 Å². The fraction of sp³-hybridized carbons (Fsp3) is 0.615. The van der Waals surface area contributed by atoms with Gasteiger partial charge >= 0.3 is 0 Å². The minimum atomic E-state index is 0.444. The van der Waals surface area contributed by atoms with E-state index in [0.29, 0.717) is 6.04 Å². The van der Waals surface area contributed by atoms with Crippen molar-refractivity contribution in [3.63, 3.8) is 0 Å². The van der Waals surface area contributed by atoms with Crippen molar-refractivity contribution in [2.45, 2.75) is 38.1 Å². The van der Waals surface area contributed by atoms with Gasteiger partial charge in [0.25, 0.3) is 0 Å². The Balaban J connectivity index is 1.58. The van der Waals surface area contributed by atoms with Crippen LogP contribution in [0.1, 0.15) is 30.5 Å². The summed E-state index contributed by atoms with van der Waals surface area (Å²) in [7, 11) is 0. The number of anilines is 1. The van der Waals surface area contributed by atoms with Crippen LogP contribution in [0.15, 0.2) is 12.1 Å². The Morgan fingerprint density at radius 2 is 2.19 bits per heavy atom. The van der Waals surface area contributed by atoms with E-state index in [1.807, 2.05) is 0 Å². The minimum absolute atomic E-state index is 0.444. The molecular weight excluding hydrogens is 198 g/mol. The largest absolute Gasteiger partial charge is 0.370 e. The molecule has 0 aromatic carbocycles. The molecule has 0 bridgehead atoms. The zero-order chi connectivity index (χ0) is 11.0. The summed E-state index contributed by atoms with van der Waals surface area (Å²) in [4.78, 5) is 4.66. The van der Waals surface area contributed by atoms with E-state index in [9.17, 15) is 0 Å². The predicted octanol–water partition coefficient (Wildman–Crippen LogP) is 1.72. The zero-order valence-electron chi connectivity index (χ0n) is 9.58. The second-order valence-electron chi connectivity index (χ2n) is 5.13. The van der Waals surface area contributed by atoms with Gasteiger partial charge in [-0.05, 0) is 49.7 Å². The molecule has 3 N–H and O–H groups in total. The summed E-state index contributed by atoms with van der Waals surface area (Å²) in [5.74, 6) is 1.80. The normalized spacial score (nSPS) is 27.3. The van der Waals surface area contributed by atoms with Crippen LogP contribution in [0.4, 0.5) is 5.82 Å². The molecule has 0 saturated heterocycles. The van der Waals surface area contributed by atoms with Gasteiger partial charge in [-0.3, -0.25) is 0 Å². The molecule has 0 spiro atoms. The van der Waals surface area contributed by atoms with Gasteiger partial charge in [-0.15, -0.1) is 0 Å². The van der Waals surface area contributed by atoms with Gasteiger partial charge in [-0.1, -0.05) is 6.07 Å². The molecule has 86 valence electrons. The maximum absolute atomic E-state index is 5.77. The first kappa shape index (κ1) is 10.1. The van der Waals surface area contributed by atoms with Gasteiger partial charge in [0, 0.05) is 18.3 Å². The quantitative estimate of drug-likeness (QED) is 0.810. The number of pyridine rings is 1. The number of hydrogen-bond acceptors (Lipinski definition) is 3. The van der Waals surface area contributed by atoms with Crippen LogP contribution in [-0.2, 0) is 12.8 Å². The Labute approximate surface area is 96.4 Å². The van der Waals surface area contributed by atoms with Gasteiger partial charge in [-0.25, -0.2) is 4.98 Å². The van der Waals surface area contributed by atoms with E-state index in [0.717, 1.165) is 37.5 Å². The van der Waals surface area contributed by atoms with Gasteiger partial charge in [0.1, 0.15) is 5.82 Å². The van der Waals surface area contributed by atoms with E-state index in [1.54, 1.807) is 0 Å². The maximum atomic E-state index is 5.77. The molecule has 3 rings (SSSR count). The molecule has 2 aliphatic rings. The van der Waals surface area contributed by atoms with E-state index >= 15 is 0 Å². The summed E-state index contributed by atoms with van der Waals surface area (Å²) < 4.78 is 0. The van der Waals surface area contributed by atoms with Crippen molar-refractivity contribution < 1.29 is 0 Å². The van der Waals surface area contributed by atoms with Gasteiger partial charge < -0.3 is 11.1 Å². The van der Waals surface area contributed by atoms with Gasteiger partial charge in [0.15, 0.2) is 0 Å². The highest BCUT2D eigenvalue weighted by atomic mass is 15.0. The molecule has 0 atom stereocenters. The molecule has 3 nitrogen and oxygen atoms in total. The van der Waals surface area contributed by atoms with Crippen LogP contribution in [0.2, 0.25) is 0 Å². The lowest BCUT2D eigenvalue weighted by Crippen LogP contribution is -2.39. The molecule has 1 heterocycles. The summed E-state index contributed by atoms with van der Waals surface area (Å²) in [6.45, 7) is 1.03. The van der Waals surface area contributed by atoms with Crippen molar-refractivity contribution in [1.29, 1.82) is 0 Å². The topological polar surface area (TPSA) is 50.9 Å². The van der Waals surface area contributed by atoms with E-state index in [4.69, 9.17) is 5.73 Å². The van der Waals surface area contributed by atoms with Crippen LogP contribution < -0.4 is 11.1 Å². The van der Waals surface area contributed by atoms with Crippen molar-refractivity contribution in [3.05, 3.63) is 23.4 Å². The fourth-order valence-corrected chi connectivity index (χ4v) is 2.72. The second-order valence-corrected chi connectivity index (χ2v) is 5.13. The van der Waals surface area contributed by atoms with Crippen molar-refractivity contribution in [2.24, 2.45) is 11.7 Å². The number of fused-ring (bicyclic) bond motifs is 1. The number of aryl methyl sites for hydroxylation is 2. The Morgan fingerprint density at radius 1 is 1.31 bits per heavy atom. The number of hydrogen-bond donors (Lipinski definition) is 2. The maximum Gasteiger partial charge on any atom is 0.126 e. The number of nitrogens with one attached hydrogen (secondary N) is 1. The summed E-state index contributed by atoms with van der Waals surface area (Å²) in [6, 6.07) is 4.78. The lowest BCUT2D eigenvalue weighted by Gasteiger charge is -2.32. The smallest absolute Gasteiger partial charge is 0.126 e. The average molecular weight is 217 g/mol. The third-order valence-corrected chi connectivity index (χ3v) is 3.77. The molecule has 16 heavy (non-hydrogen) atoms. The minimum Gasteiger partial charge on any atom is -0.370 e. The van der Waals surface area contributed by atoms with Crippen molar-refractivity contribution in [3.8, 4) is 0 Å². The Morgan fingerprint density at radius 3 is 3.00 bits per heavy atom. The Bertz CT molecular complexity index is 383. The van der Waals surface area contributed by atoms with Crippen LogP contribution in [0, 0.1) is 5.92 Å². The number of aromatic nitrogens is 1. The SMILES string of the molecule is NC1CC(CNc2ccc3c(n2)CCC3)C1. The first-order valence-electron chi connectivity index (χ1n) is 6.29. The first-order valence-corrected chi connectivity index (χ1v) is 6.29. The molecule has 1 saturated carbocycles. The molecule has 0 amide bonds. The summed E-state index contributed by atoms with van der Waals surface area (Å²) in [5, 5.41) is 3.43. The van der Waals surface area contributed by atoms with E-state index in [-0.39, 0.29) is 0 Å². The molecule has 1 aromatic heterocycles. The second kappa shape index (κ2) is 4.06. The summed E-state index contributed by atoms with van der Waals surface area (Å²) in [5.41, 5.74) is 8.51. The standard InChI is InChI=1S/C13H19N3/c14-11-6-9(7-11)8-15-13-5-4-10-2-1-3-12(10)16-13/h4-5,9,11H,1-3,6-8,14H2,(H,15,16). The van der Waals surface area contributed by atoms with Gasteiger partial charge in [0.2, 0.25) is 0 Å². The van der Waals surface area contributed by atoms with Crippen molar-refractivity contribution in [2.75, 3.05) is 11.9 Å². The van der Waals surface area contributed by atoms with Crippen LogP contribution in [0.3, 0.4) is 0 Å². The zero-order valence-corrected chi connectivity index (χ0v) is 9.58. The average Bonchev–Trinajstić information content (AvgIpc) is 2.69. The highest BCUT2D eigenvalue weighted by molar-refractivity contribution is 5.40. The molecule has 3 heteroatoms. The van der Waals surface area contributed by atoms with Crippen molar-refractivity contribution >= 4 is 5.82 Å². The lowest BCUT2D eigenvalue weighted by atomic mass is 9.81. The van der Waals surface area contributed by atoms with E-state index < -0.39 is 0 Å². The van der Waals surface area contributed by atoms with Gasteiger partial charge in [-0.2, -0.15) is 0 Å². The first-order chi connectivity index (χ1) is 7.81. The molecule has 1 aromatic rings. The fourth-order valence-electron chi connectivity index (χ4n) is 2.72. The lowest BCUT2D eigenvalue weighted by molar-refractivity contribution is 0.280. The van der Waals surface area contributed by atoms with Crippen molar-refractivity contribution in [1.82, 2.24) is 4.98 Å². The third-order valence-electron chi connectivity index (χ3n) is 3.77. The van der Waals surface area contributed by atoms with E-state index in [1.165, 1.54) is 24.1 Å². The predicted molar refractivity (Wildman–Crippen MR) is 65.5 cm³/mol. The van der Waals surface area contributed by atoms with Gasteiger partial charge in [0.05, 0.1) is 0 Å². The molecule has 0 unspecified atom stereocenters. The molecule has 0 radical (unpaired) electrons. The third kappa shape index (κ3) is 1.92. The van der Waals surface area contributed by atoms with Crippen LogP contribution in [0.5, 0.6) is 0 Å². The number of nitrogens with zero attached hydrogens (tertiary/aromatic N) is 1. The van der Waals surface area contributed by atoms with E-state index in [2.05, 4.69) is 22.4 Å². The Hall–Kier alpha value is -1.09. The number of nitrogens with two attached hydrogens (primary N) is 1. The van der Waals surface area contributed by atoms with Crippen LogP contribution in [0.25, 0.3) is 0 Å². The highest BCUT2D eigenvalue weighted by Crippen LogP contribution is 2.26. The molecule has 1 fully saturated rings. The van der Waals surface area contributed by atoms with Crippen LogP contribution >= 0.6 is 0 Å². The molecule has 2 aliphatic carbocycles. The summed E-state index contributed by atoms with van der Waals surface area (Å²) in [6.07, 6.45) is 5.96. The summed E-state index contributed by atoms with van der Waals surface area (Å²) >= 11 is 0. The Kier molecular flexibility index (Phi) is 2.56. The monoisotopic (exact) mass is 217 g/mol. The molecular formula is C13H19N3. The number of rotatable bonds is 3. The molecule has 0 aliphatic heterocycles. The highest BCUT2D eigenvalue weighted by Gasteiger charge is 2.25.